The van der Waals surface area contributed by atoms with Crippen LogP contribution in [0.15, 0.2) is 59.5 Å². The Bertz CT molecular complexity index is 1320. The maximum atomic E-state index is 12.7. The van der Waals surface area contributed by atoms with Crippen LogP contribution >= 0.6 is 22.9 Å². The molecule has 3 N–H and O–H groups in total. The molecule has 10 heteroatoms. The van der Waals surface area contributed by atoms with E-state index in [-0.39, 0.29) is 10.8 Å². The molecule has 0 spiro atoms. The molecular formula is C19H15ClN4O3S2. The Hall–Kier alpha value is -2.72. The van der Waals surface area contributed by atoms with Gasteiger partial charge in [-0.15, -0.1) is 11.3 Å². The average Bonchev–Trinajstić information content (AvgIpc) is 3.23. The highest BCUT2D eigenvalue weighted by atomic mass is 35.5. The second-order valence-electron chi connectivity index (χ2n) is 6.33. The van der Waals surface area contributed by atoms with Gasteiger partial charge in [-0.3, -0.25) is 4.79 Å². The largest absolute Gasteiger partial charge is 0.321 e. The van der Waals surface area contributed by atoms with Gasteiger partial charge in [-0.2, -0.15) is 5.10 Å². The first-order chi connectivity index (χ1) is 13.7. The van der Waals surface area contributed by atoms with Crippen LogP contribution in [-0.4, -0.2) is 24.1 Å². The summed E-state index contributed by atoms with van der Waals surface area (Å²) < 4.78 is 24.4. The fourth-order valence-corrected chi connectivity index (χ4v) is 4.56. The number of nitrogens with zero attached hydrogens (tertiary/aromatic N) is 2. The third kappa shape index (κ3) is 3.90. The number of halogens is 1. The zero-order valence-corrected chi connectivity index (χ0v) is 17.5. The molecule has 2 aromatic carbocycles. The smallest absolute Gasteiger partial charge is 0.265 e. The van der Waals surface area contributed by atoms with Gasteiger partial charge in [-0.05, 0) is 61.5 Å². The number of aromatic nitrogens is 2. The first-order valence-electron chi connectivity index (χ1n) is 8.42. The van der Waals surface area contributed by atoms with Crippen molar-refractivity contribution in [2.45, 2.75) is 11.8 Å². The second-order valence-corrected chi connectivity index (χ2v) is 9.36. The monoisotopic (exact) mass is 446 g/mol. The normalized spacial score (nSPS) is 11.7. The lowest BCUT2D eigenvalue weighted by Crippen LogP contribution is -2.13. The number of amides is 1. The summed E-state index contributed by atoms with van der Waals surface area (Å²) in [7, 11) is -3.78. The minimum atomic E-state index is -3.78. The number of hydrogen-bond acceptors (Lipinski definition) is 5. The number of nitrogens with two attached hydrogens (primary N) is 1. The summed E-state index contributed by atoms with van der Waals surface area (Å²) in [6, 6.07) is 14.8. The molecule has 4 aromatic rings. The maximum Gasteiger partial charge on any atom is 0.265 e. The van der Waals surface area contributed by atoms with Crippen molar-refractivity contribution in [1.82, 2.24) is 9.78 Å². The number of carbonyl (C=O) groups excluding carboxylic acids is 1. The van der Waals surface area contributed by atoms with Crippen LogP contribution in [-0.2, 0) is 10.0 Å². The van der Waals surface area contributed by atoms with E-state index in [0.29, 0.717) is 15.6 Å². The van der Waals surface area contributed by atoms with E-state index >= 15 is 0 Å². The van der Waals surface area contributed by atoms with Crippen LogP contribution in [0.2, 0.25) is 5.02 Å². The minimum Gasteiger partial charge on any atom is -0.321 e. The predicted octanol–water partition coefficient (Wildman–Crippen LogP) is 3.95. The molecule has 0 bridgehead atoms. The Morgan fingerprint density at radius 3 is 2.41 bits per heavy atom. The molecule has 0 aliphatic rings. The Morgan fingerprint density at radius 2 is 1.79 bits per heavy atom. The van der Waals surface area contributed by atoms with Gasteiger partial charge in [0.05, 0.1) is 21.2 Å². The summed E-state index contributed by atoms with van der Waals surface area (Å²) in [6.07, 6.45) is 0. The minimum absolute atomic E-state index is 0.0176. The first-order valence-corrected chi connectivity index (χ1v) is 11.2. The molecule has 0 atom stereocenters. The third-order valence-corrected chi connectivity index (χ3v) is 6.57. The lowest BCUT2D eigenvalue weighted by Gasteiger charge is -2.05. The van der Waals surface area contributed by atoms with Gasteiger partial charge >= 0.3 is 0 Å². The van der Waals surface area contributed by atoms with Crippen molar-refractivity contribution in [1.29, 1.82) is 0 Å². The summed E-state index contributed by atoms with van der Waals surface area (Å²) in [5, 5.41) is 13.9. The zero-order valence-electron chi connectivity index (χ0n) is 15.1. The summed E-state index contributed by atoms with van der Waals surface area (Å²) in [5.74, 6) is -0.295. The number of fused-ring (bicyclic) bond motifs is 1. The third-order valence-electron chi connectivity index (χ3n) is 4.28. The number of sulfonamides is 1. The number of carbonyl (C=O) groups is 1. The fourth-order valence-electron chi connectivity index (χ4n) is 2.84. The van der Waals surface area contributed by atoms with Crippen LogP contribution in [0.1, 0.15) is 15.4 Å². The highest BCUT2D eigenvalue weighted by Crippen LogP contribution is 2.31. The molecular weight excluding hydrogens is 432 g/mol. The van der Waals surface area contributed by atoms with Crippen LogP contribution < -0.4 is 10.5 Å². The quantitative estimate of drug-likeness (QED) is 0.494. The van der Waals surface area contributed by atoms with Crippen LogP contribution in [0.25, 0.3) is 15.9 Å². The maximum absolute atomic E-state index is 12.7. The van der Waals surface area contributed by atoms with Crippen LogP contribution in [0.3, 0.4) is 0 Å². The van der Waals surface area contributed by atoms with E-state index in [0.717, 1.165) is 21.6 Å². The van der Waals surface area contributed by atoms with Crippen LogP contribution in [0.4, 0.5) is 5.69 Å². The highest BCUT2D eigenvalue weighted by Gasteiger charge is 2.17. The molecule has 7 nitrogen and oxygen atoms in total. The molecule has 0 unspecified atom stereocenters. The Kier molecular flexibility index (Phi) is 4.91. The Balaban J connectivity index is 1.63. The zero-order chi connectivity index (χ0) is 20.8. The number of rotatable bonds is 4. The molecule has 0 saturated heterocycles. The van der Waals surface area contributed by atoms with E-state index in [1.54, 1.807) is 22.9 Å². The molecule has 2 aromatic heterocycles. The lowest BCUT2D eigenvalue weighted by atomic mass is 10.3. The van der Waals surface area contributed by atoms with Gasteiger partial charge in [0.2, 0.25) is 10.0 Å². The van der Waals surface area contributed by atoms with E-state index in [2.05, 4.69) is 10.4 Å². The van der Waals surface area contributed by atoms with Crippen molar-refractivity contribution >= 4 is 54.8 Å². The van der Waals surface area contributed by atoms with Crippen molar-refractivity contribution in [2.75, 3.05) is 5.32 Å². The van der Waals surface area contributed by atoms with Crippen molar-refractivity contribution in [3.05, 3.63) is 70.2 Å². The molecule has 0 aliphatic heterocycles. The van der Waals surface area contributed by atoms with Crippen molar-refractivity contribution in [3.63, 3.8) is 0 Å². The SMILES string of the molecule is Cc1nn(-c2ccc(Cl)cc2)c2sc(C(=O)Nc3ccc(S(N)(=O)=O)cc3)cc12. The molecule has 148 valence electrons. The van der Waals surface area contributed by atoms with E-state index in [9.17, 15) is 13.2 Å². The fraction of sp³-hybridized carbons (Fsp3) is 0.0526. The number of thiophene rings is 1. The summed E-state index contributed by atoms with van der Waals surface area (Å²) >= 11 is 7.28. The molecule has 1 amide bonds. The Labute approximate surface area is 175 Å². The van der Waals surface area contributed by atoms with Crippen molar-refractivity contribution < 1.29 is 13.2 Å². The van der Waals surface area contributed by atoms with E-state index in [1.165, 1.54) is 35.6 Å². The van der Waals surface area contributed by atoms with Gasteiger partial charge < -0.3 is 5.32 Å². The topological polar surface area (TPSA) is 107 Å². The number of benzene rings is 2. The molecule has 2 heterocycles. The molecule has 0 saturated carbocycles. The second kappa shape index (κ2) is 7.27. The highest BCUT2D eigenvalue weighted by molar-refractivity contribution is 7.89. The molecule has 0 aliphatic carbocycles. The number of anilines is 1. The molecule has 0 radical (unpaired) electrons. The number of nitrogens with one attached hydrogen (secondary N) is 1. The average molecular weight is 447 g/mol. The van der Waals surface area contributed by atoms with Crippen LogP contribution in [0.5, 0.6) is 0 Å². The van der Waals surface area contributed by atoms with Crippen molar-refractivity contribution in [2.24, 2.45) is 5.14 Å². The number of aryl methyl sites for hydroxylation is 1. The number of primary sulfonamides is 1. The van der Waals surface area contributed by atoms with Gasteiger partial charge in [0.25, 0.3) is 5.91 Å². The van der Waals surface area contributed by atoms with Crippen LogP contribution in [0, 0.1) is 6.92 Å². The summed E-state index contributed by atoms with van der Waals surface area (Å²) in [6.45, 7) is 1.88. The van der Waals surface area contributed by atoms with E-state index < -0.39 is 10.0 Å². The lowest BCUT2D eigenvalue weighted by molar-refractivity contribution is 0.103. The first kappa shape index (κ1) is 19.6. The van der Waals surface area contributed by atoms with Gasteiger partial charge in [-0.25, -0.2) is 18.2 Å². The summed E-state index contributed by atoms with van der Waals surface area (Å²) in [4.78, 5) is 14.0. The molecule has 0 fully saturated rings. The summed E-state index contributed by atoms with van der Waals surface area (Å²) in [5.41, 5.74) is 2.12. The van der Waals surface area contributed by atoms with Gasteiger partial charge in [0.1, 0.15) is 4.83 Å². The molecule has 4 rings (SSSR count). The van der Waals surface area contributed by atoms with Gasteiger partial charge in [-0.1, -0.05) is 11.6 Å². The van der Waals surface area contributed by atoms with E-state index in [1.807, 2.05) is 19.1 Å². The Morgan fingerprint density at radius 1 is 1.14 bits per heavy atom. The molecule has 29 heavy (non-hydrogen) atoms. The van der Waals surface area contributed by atoms with Gasteiger partial charge in [0.15, 0.2) is 0 Å². The van der Waals surface area contributed by atoms with Crippen molar-refractivity contribution in [3.8, 4) is 5.69 Å². The standard InChI is InChI=1S/C19H15ClN4O3S2/c1-11-16-10-17(18(25)22-13-4-8-15(9-5-13)29(21,26)27)28-19(16)24(23-11)14-6-2-12(20)3-7-14/h2-10H,1H3,(H,22,25)(H2,21,26,27). The predicted molar refractivity (Wildman–Crippen MR) is 114 cm³/mol. The number of hydrogen-bond donors (Lipinski definition) is 2. The van der Waals surface area contributed by atoms with E-state index in [4.69, 9.17) is 16.7 Å². The van der Waals surface area contributed by atoms with Gasteiger partial charge in [0, 0.05) is 16.1 Å².